The Morgan fingerprint density at radius 2 is 1.14 bits per heavy atom. The molecule has 0 bridgehead atoms. The van der Waals surface area contributed by atoms with Gasteiger partial charge in [0.05, 0.1) is 33.5 Å². The second kappa shape index (κ2) is 14.9. The van der Waals surface area contributed by atoms with E-state index in [0.717, 1.165) is 95.1 Å². The van der Waals surface area contributed by atoms with Gasteiger partial charge in [-0.25, -0.2) is 9.98 Å². The van der Waals surface area contributed by atoms with E-state index < -0.39 is 0 Å². The summed E-state index contributed by atoms with van der Waals surface area (Å²) in [6.07, 6.45) is 3.08. The molecule has 0 fully saturated rings. The lowest BCUT2D eigenvalue weighted by molar-refractivity contribution is 0.672. The maximum Gasteiger partial charge on any atom is 0.160 e. The van der Waals surface area contributed by atoms with Gasteiger partial charge in [0.15, 0.2) is 5.84 Å². The molecule has 0 N–H and O–H groups in total. The first-order valence-corrected chi connectivity index (χ1v) is 22.5. The first-order chi connectivity index (χ1) is 32.1. The Morgan fingerprint density at radius 1 is 0.462 bits per heavy atom. The van der Waals surface area contributed by atoms with Crippen molar-refractivity contribution < 1.29 is 4.42 Å². The summed E-state index contributed by atoms with van der Waals surface area (Å²) >= 11 is 0. The zero-order valence-corrected chi connectivity index (χ0v) is 35.7. The predicted molar refractivity (Wildman–Crippen MR) is 274 cm³/mol. The fourth-order valence-electron chi connectivity index (χ4n) is 10.2. The minimum absolute atomic E-state index is 0.0851. The zero-order valence-electron chi connectivity index (χ0n) is 35.7. The monoisotopic (exact) mass is 831 g/mol. The van der Waals surface area contributed by atoms with Gasteiger partial charge in [-0.15, -0.1) is 0 Å². The summed E-state index contributed by atoms with van der Waals surface area (Å²) in [4.78, 5) is 11.4. The highest BCUT2D eigenvalue weighted by Gasteiger charge is 2.26. The molecule has 1 atom stereocenters. The molecule has 306 valence electrons. The Morgan fingerprint density at radius 3 is 1.98 bits per heavy atom. The third kappa shape index (κ3) is 6.13. The van der Waals surface area contributed by atoms with Crippen molar-refractivity contribution in [1.82, 2.24) is 4.57 Å². The van der Waals surface area contributed by atoms with Crippen molar-refractivity contribution in [3.8, 4) is 16.8 Å². The van der Waals surface area contributed by atoms with Gasteiger partial charge >= 0.3 is 0 Å². The Kier molecular flexibility index (Phi) is 8.53. The molecule has 2 aromatic heterocycles. The molecule has 4 heteroatoms. The maximum atomic E-state index is 6.95. The third-order valence-electron chi connectivity index (χ3n) is 13.4. The number of benzene rings is 10. The van der Waals surface area contributed by atoms with Gasteiger partial charge in [-0.05, 0) is 98.6 Å². The van der Waals surface area contributed by atoms with Crippen molar-refractivity contribution in [3.05, 3.63) is 229 Å². The number of hydrogen-bond donors (Lipinski definition) is 0. The van der Waals surface area contributed by atoms with Gasteiger partial charge in [-0.2, -0.15) is 0 Å². The smallest absolute Gasteiger partial charge is 0.160 e. The Balaban J connectivity index is 1.12. The van der Waals surface area contributed by atoms with Crippen LogP contribution < -0.4 is 0 Å². The van der Waals surface area contributed by atoms with E-state index >= 15 is 0 Å². The van der Waals surface area contributed by atoms with Gasteiger partial charge in [0.25, 0.3) is 0 Å². The molecule has 1 aliphatic heterocycles. The van der Waals surface area contributed by atoms with Gasteiger partial charge in [0.1, 0.15) is 11.2 Å². The maximum absolute atomic E-state index is 6.95. The number of aliphatic imine (C=N–C) groups is 2. The van der Waals surface area contributed by atoms with Crippen LogP contribution in [0.4, 0.5) is 0 Å². The molecule has 0 aliphatic carbocycles. The minimum atomic E-state index is 0.0851. The standard InChI is InChI=1S/C61H41N3O/c1-38-26-32-53(62-61(47-22-13-21-43(35-47)39-14-3-2-4-15-39)63-58(38)46-28-27-40-16-5-6-18-42(40)34-46)50-31-33-56-57(51-30-29-41-17-9-10-23-48(41)60(51)65-56)59(50)64-54-25-12-11-24-49(54)52-36-44-19-7-8-20-45(44)37-55(52)64/h2-25,27-38H,26H2,1H3/b53-32+,62-61?,63-58?. The van der Waals surface area contributed by atoms with Crippen LogP contribution in [0, 0.1) is 5.92 Å². The first kappa shape index (κ1) is 37.2. The average Bonchev–Trinajstić information content (AvgIpc) is 3.90. The number of hydrogen-bond acceptors (Lipinski definition) is 3. The van der Waals surface area contributed by atoms with E-state index in [1.54, 1.807) is 0 Å². The van der Waals surface area contributed by atoms with Crippen LogP contribution >= 0.6 is 0 Å². The van der Waals surface area contributed by atoms with Gasteiger partial charge in [0, 0.05) is 38.6 Å². The number of allylic oxidation sites excluding steroid dienone is 1. The summed E-state index contributed by atoms with van der Waals surface area (Å²) in [6, 6.07) is 73.9. The van der Waals surface area contributed by atoms with Crippen molar-refractivity contribution >= 4 is 93.3 Å². The minimum Gasteiger partial charge on any atom is -0.455 e. The lowest BCUT2D eigenvalue weighted by Crippen LogP contribution is -2.17. The molecule has 0 radical (unpaired) electrons. The second-order valence-corrected chi connectivity index (χ2v) is 17.3. The SMILES string of the molecule is CC1C/C=C(\c2ccc3oc4c5ccccc5ccc4c3c2-n2c3ccccc3c3cc4ccccc4cc32)N=C(c2cccc(-c3ccccc3)c2)N=C1c1ccc2ccccc2c1. The summed E-state index contributed by atoms with van der Waals surface area (Å²) in [7, 11) is 0. The van der Waals surface area contributed by atoms with Crippen LogP contribution in [-0.4, -0.2) is 16.1 Å². The second-order valence-electron chi connectivity index (χ2n) is 17.3. The molecule has 0 saturated heterocycles. The van der Waals surface area contributed by atoms with E-state index in [4.69, 9.17) is 14.4 Å². The van der Waals surface area contributed by atoms with Gasteiger partial charge in [0.2, 0.25) is 0 Å². The number of aromatic nitrogens is 1. The number of amidine groups is 1. The van der Waals surface area contributed by atoms with Crippen molar-refractivity contribution in [2.75, 3.05) is 0 Å². The van der Waals surface area contributed by atoms with Crippen molar-refractivity contribution in [2.24, 2.45) is 15.9 Å². The first-order valence-electron chi connectivity index (χ1n) is 22.5. The molecule has 12 aromatic rings. The molecule has 0 amide bonds. The quantitative estimate of drug-likeness (QED) is 0.170. The topological polar surface area (TPSA) is 42.8 Å². The summed E-state index contributed by atoms with van der Waals surface area (Å²) in [5, 5.41) is 11.6. The summed E-state index contributed by atoms with van der Waals surface area (Å²) in [6.45, 7) is 2.29. The van der Waals surface area contributed by atoms with Crippen molar-refractivity contribution in [1.29, 1.82) is 0 Å². The highest BCUT2D eigenvalue weighted by Crippen LogP contribution is 2.45. The normalized spacial score (nSPS) is 15.4. The molecule has 65 heavy (non-hydrogen) atoms. The summed E-state index contributed by atoms with van der Waals surface area (Å²) in [5.41, 5.74) is 12.2. The molecule has 1 unspecified atom stereocenters. The molecule has 0 spiro atoms. The van der Waals surface area contributed by atoms with Crippen molar-refractivity contribution in [3.63, 3.8) is 0 Å². The van der Waals surface area contributed by atoms with Crippen LogP contribution in [0.3, 0.4) is 0 Å². The summed E-state index contributed by atoms with van der Waals surface area (Å²) < 4.78 is 9.42. The van der Waals surface area contributed by atoms with Crippen LogP contribution in [-0.2, 0) is 0 Å². The highest BCUT2D eigenvalue weighted by atomic mass is 16.3. The Hall–Kier alpha value is -8.34. The number of para-hydroxylation sites is 1. The molecular weight excluding hydrogens is 791 g/mol. The van der Waals surface area contributed by atoms with Crippen LogP contribution in [0.15, 0.2) is 227 Å². The number of furan rings is 1. The van der Waals surface area contributed by atoms with Gasteiger partial charge < -0.3 is 8.98 Å². The number of rotatable bonds is 5. The number of fused-ring (bicyclic) bond motifs is 10. The fraction of sp³-hybridized carbons (Fsp3) is 0.0492. The van der Waals surface area contributed by atoms with E-state index in [0.29, 0.717) is 5.84 Å². The zero-order chi connectivity index (χ0) is 43.0. The molecule has 3 heterocycles. The van der Waals surface area contributed by atoms with Crippen LogP contribution in [0.1, 0.15) is 30.0 Å². The fourth-order valence-corrected chi connectivity index (χ4v) is 10.2. The number of nitrogens with zero attached hydrogens (tertiary/aromatic N) is 3. The van der Waals surface area contributed by atoms with E-state index in [9.17, 15) is 0 Å². The molecule has 1 aliphatic rings. The predicted octanol–water partition coefficient (Wildman–Crippen LogP) is 16.1. The third-order valence-corrected chi connectivity index (χ3v) is 13.4. The average molecular weight is 832 g/mol. The van der Waals surface area contributed by atoms with Crippen molar-refractivity contribution in [2.45, 2.75) is 13.3 Å². The van der Waals surface area contributed by atoms with Crippen LogP contribution in [0.2, 0.25) is 0 Å². The van der Waals surface area contributed by atoms with Crippen LogP contribution in [0.25, 0.3) is 98.6 Å². The molecule has 4 nitrogen and oxygen atoms in total. The van der Waals surface area contributed by atoms with Gasteiger partial charge in [-0.1, -0.05) is 171 Å². The van der Waals surface area contributed by atoms with E-state index in [-0.39, 0.29) is 5.92 Å². The largest absolute Gasteiger partial charge is 0.455 e. The lowest BCUT2D eigenvalue weighted by atomic mass is 9.91. The molecule has 13 rings (SSSR count). The summed E-state index contributed by atoms with van der Waals surface area (Å²) in [5.74, 6) is 0.757. The molecule has 0 saturated carbocycles. The lowest BCUT2D eigenvalue weighted by Gasteiger charge is -2.21. The molecule has 10 aromatic carbocycles. The van der Waals surface area contributed by atoms with Gasteiger partial charge in [-0.3, -0.25) is 0 Å². The Labute approximate surface area is 375 Å². The van der Waals surface area contributed by atoms with E-state index in [1.807, 2.05) is 0 Å². The van der Waals surface area contributed by atoms with Crippen LogP contribution in [0.5, 0.6) is 0 Å². The molecular formula is C61H41N3O. The van der Waals surface area contributed by atoms with E-state index in [2.05, 4.69) is 224 Å². The van der Waals surface area contributed by atoms with E-state index in [1.165, 1.54) is 32.3 Å². The Bertz CT molecular complexity index is 4000. The highest BCUT2D eigenvalue weighted by molar-refractivity contribution is 6.22.